The maximum absolute atomic E-state index is 10.4. The van der Waals surface area contributed by atoms with Crippen LogP contribution in [0.1, 0.15) is 29.5 Å². The Morgan fingerprint density at radius 1 is 1.44 bits per heavy atom. The van der Waals surface area contributed by atoms with Crippen LogP contribution in [0.25, 0.3) is 0 Å². The minimum atomic E-state index is -0.658. The van der Waals surface area contributed by atoms with Crippen LogP contribution in [0, 0.1) is 6.92 Å². The quantitative estimate of drug-likeness (QED) is 0.827. The first-order chi connectivity index (χ1) is 7.65. The number of aryl methyl sites for hydroxylation is 1. The molecule has 1 aliphatic carbocycles. The molecule has 0 unspecified atom stereocenters. The molecule has 1 aliphatic heterocycles. The number of hydrogen-bond acceptors (Lipinski definition) is 3. The second kappa shape index (κ2) is 3.14. The van der Waals surface area contributed by atoms with Crippen LogP contribution >= 0.6 is 0 Å². The molecular weight excluding hydrogens is 204 g/mol. The van der Waals surface area contributed by atoms with E-state index >= 15 is 0 Å². The number of fused-ring (bicyclic) bond motifs is 1. The standard InChI is InChI=1S/C13H16O3/c1-8-7-10-9(3-6-16-10)11(12(8)15-2)13(14)4-5-13/h7,14H,3-6H2,1-2H3. The molecule has 1 aromatic carbocycles. The fourth-order valence-electron chi connectivity index (χ4n) is 2.57. The van der Waals surface area contributed by atoms with Crippen molar-refractivity contribution in [2.75, 3.05) is 13.7 Å². The van der Waals surface area contributed by atoms with Crippen molar-refractivity contribution in [3.8, 4) is 11.5 Å². The summed E-state index contributed by atoms with van der Waals surface area (Å²) >= 11 is 0. The van der Waals surface area contributed by atoms with Crippen LogP contribution in [0.2, 0.25) is 0 Å². The van der Waals surface area contributed by atoms with E-state index in [0.717, 1.165) is 47.5 Å². The Morgan fingerprint density at radius 2 is 2.19 bits per heavy atom. The van der Waals surface area contributed by atoms with Gasteiger partial charge in [0.05, 0.1) is 19.3 Å². The van der Waals surface area contributed by atoms with Gasteiger partial charge in [-0.1, -0.05) is 0 Å². The highest BCUT2D eigenvalue weighted by Gasteiger charge is 2.47. The van der Waals surface area contributed by atoms with Gasteiger partial charge in [0.2, 0.25) is 0 Å². The minimum Gasteiger partial charge on any atom is -0.496 e. The Labute approximate surface area is 95.0 Å². The van der Waals surface area contributed by atoms with E-state index in [1.54, 1.807) is 7.11 Å². The second-order valence-corrected chi connectivity index (χ2v) is 4.71. The summed E-state index contributed by atoms with van der Waals surface area (Å²) in [5.74, 6) is 1.76. The monoisotopic (exact) mass is 220 g/mol. The van der Waals surface area contributed by atoms with Gasteiger partial charge in [0.25, 0.3) is 0 Å². The molecule has 1 fully saturated rings. The Kier molecular flexibility index (Phi) is 1.96. The molecule has 1 saturated carbocycles. The summed E-state index contributed by atoms with van der Waals surface area (Å²) in [6, 6.07) is 2.01. The number of rotatable bonds is 2. The van der Waals surface area contributed by atoms with Crippen molar-refractivity contribution in [3.05, 3.63) is 22.8 Å². The van der Waals surface area contributed by atoms with Crippen LogP contribution < -0.4 is 9.47 Å². The summed E-state index contributed by atoms with van der Waals surface area (Å²) in [5, 5.41) is 10.4. The fraction of sp³-hybridized carbons (Fsp3) is 0.538. The molecule has 3 rings (SSSR count). The molecule has 0 saturated heterocycles. The molecule has 1 N–H and O–H groups in total. The SMILES string of the molecule is COc1c(C)cc2c(c1C1(O)CC1)CCO2. The van der Waals surface area contributed by atoms with Gasteiger partial charge in [-0.2, -0.15) is 0 Å². The van der Waals surface area contributed by atoms with Gasteiger partial charge >= 0.3 is 0 Å². The minimum absolute atomic E-state index is 0.658. The van der Waals surface area contributed by atoms with Crippen LogP contribution in [0.5, 0.6) is 11.5 Å². The Hall–Kier alpha value is -1.22. The van der Waals surface area contributed by atoms with Gasteiger partial charge in [-0.15, -0.1) is 0 Å². The molecule has 0 spiro atoms. The molecule has 0 amide bonds. The van der Waals surface area contributed by atoms with Crippen LogP contribution in [-0.4, -0.2) is 18.8 Å². The number of ether oxygens (including phenoxy) is 2. The summed E-state index contributed by atoms with van der Waals surface area (Å²) in [6.45, 7) is 2.71. The fourth-order valence-corrected chi connectivity index (χ4v) is 2.57. The Bertz CT molecular complexity index is 443. The smallest absolute Gasteiger partial charge is 0.128 e. The molecule has 86 valence electrons. The maximum Gasteiger partial charge on any atom is 0.128 e. The molecule has 16 heavy (non-hydrogen) atoms. The number of benzene rings is 1. The second-order valence-electron chi connectivity index (χ2n) is 4.71. The summed E-state index contributed by atoms with van der Waals surface area (Å²) in [7, 11) is 1.67. The van der Waals surface area contributed by atoms with Crippen LogP contribution in [0.4, 0.5) is 0 Å². The third-order valence-corrected chi connectivity index (χ3v) is 3.53. The summed E-state index contributed by atoms with van der Waals surface area (Å²) < 4.78 is 11.0. The maximum atomic E-state index is 10.4. The molecule has 0 aromatic heterocycles. The predicted octanol–water partition coefficient (Wildman–Crippen LogP) is 1.92. The topological polar surface area (TPSA) is 38.7 Å². The van der Waals surface area contributed by atoms with Gasteiger partial charge in [0.1, 0.15) is 11.5 Å². The van der Waals surface area contributed by atoms with E-state index in [0.29, 0.717) is 6.61 Å². The number of hydrogen-bond donors (Lipinski definition) is 1. The molecule has 2 aliphatic rings. The highest BCUT2D eigenvalue weighted by molar-refractivity contribution is 5.58. The lowest BCUT2D eigenvalue weighted by molar-refractivity contribution is 0.146. The molecule has 0 bridgehead atoms. The average Bonchev–Trinajstić information content (AvgIpc) is 2.83. The zero-order chi connectivity index (χ0) is 11.3. The van der Waals surface area contributed by atoms with Crippen molar-refractivity contribution in [2.45, 2.75) is 31.8 Å². The van der Waals surface area contributed by atoms with E-state index in [1.807, 2.05) is 13.0 Å². The lowest BCUT2D eigenvalue weighted by Gasteiger charge is -2.19. The zero-order valence-electron chi connectivity index (χ0n) is 9.67. The van der Waals surface area contributed by atoms with Crippen LogP contribution in [0.15, 0.2) is 6.07 Å². The largest absolute Gasteiger partial charge is 0.496 e. The summed E-state index contributed by atoms with van der Waals surface area (Å²) in [5.41, 5.74) is 2.50. The molecular formula is C13H16O3. The lowest BCUT2D eigenvalue weighted by atomic mass is 9.95. The van der Waals surface area contributed by atoms with Crippen molar-refractivity contribution >= 4 is 0 Å². The van der Waals surface area contributed by atoms with Gasteiger partial charge in [-0.3, -0.25) is 0 Å². The van der Waals surface area contributed by atoms with E-state index < -0.39 is 5.60 Å². The van der Waals surface area contributed by atoms with E-state index in [9.17, 15) is 5.11 Å². The van der Waals surface area contributed by atoms with Gasteiger partial charge in [0, 0.05) is 17.5 Å². The van der Waals surface area contributed by atoms with Crippen LogP contribution in [0.3, 0.4) is 0 Å². The zero-order valence-corrected chi connectivity index (χ0v) is 9.67. The van der Waals surface area contributed by atoms with Gasteiger partial charge < -0.3 is 14.6 Å². The van der Waals surface area contributed by atoms with Crippen molar-refractivity contribution in [2.24, 2.45) is 0 Å². The number of aliphatic hydroxyl groups is 1. The lowest BCUT2D eigenvalue weighted by Crippen LogP contribution is -2.11. The van der Waals surface area contributed by atoms with Gasteiger partial charge in [0.15, 0.2) is 0 Å². The first kappa shape index (κ1) is 9.97. The summed E-state index contributed by atoms with van der Waals surface area (Å²) in [4.78, 5) is 0. The summed E-state index contributed by atoms with van der Waals surface area (Å²) in [6.07, 6.45) is 2.54. The van der Waals surface area contributed by atoms with Crippen LogP contribution in [-0.2, 0) is 12.0 Å². The van der Waals surface area contributed by atoms with E-state index in [1.165, 1.54) is 0 Å². The highest BCUT2D eigenvalue weighted by Crippen LogP contribution is 2.53. The van der Waals surface area contributed by atoms with Crippen molar-refractivity contribution in [1.29, 1.82) is 0 Å². The molecule has 1 aromatic rings. The first-order valence-corrected chi connectivity index (χ1v) is 5.72. The molecule has 3 nitrogen and oxygen atoms in total. The van der Waals surface area contributed by atoms with E-state index in [4.69, 9.17) is 9.47 Å². The highest BCUT2D eigenvalue weighted by atomic mass is 16.5. The van der Waals surface area contributed by atoms with E-state index in [2.05, 4.69) is 0 Å². The molecule has 0 atom stereocenters. The normalized spacial score (nSPS) is 20.2. The molecule has 3 heteroatoms. The van der Waals surface area contributed by atoms with Gasteiger partial charge in [-0.05, 0) is 31.4 Å². The third-order valence-electron chi connectivity index (χ3n) is 3.53. The predicted molar refractivity (Wildman–Crippen MR) is 60.1 cm³/mol. The van der Waals surface area contributed by atoms with E-state index in [-0.39, 0.29) is 0 Å². The van der Waals surface area contributed by atoms with Crippen molar-refractivity contribution < 1.29 is 14.6 Å². The molecule has 1 heterocycles. The average molecular weight is 220 g/mol. The van der Waals surface area contributed by atoms with Crippen molar-refractivity contribution in [3.63, 3.8) is 0 Å². The Balaban J connectivity index is 2.26. The van der Waals surface area contributed by atoms with Crippen molar-refractivity contribution in [1.82, 2.24) is 0 Å². The third kappa shape index (κ3) is 1.24. The molecule has 0 radical (unpaired) electrons. The Morgan fingerprint density at radius 3 is 2.81 bits per heavy atom. The van der Waals surface area contributed by atoms with Gasteiger partial charge in [-0.25, -0.2) is 0 Å². The number of methoxy groups -OCH3 is 1. The first-order valence-electron chi connectivity index (χ1n) is 5.72.